The van der Waals surface area contributed by atoms with Crippen molar-refractivity contribution in [3.63, 3.8) is 0 Å². The largest absolute Gasteiger partial charge is 0.508 e. The first-order valence-electron chi connectivity index (χ1n) is 7.72. The second kappa shape index (κ2) is 9.09. The molecular weight excluding hydrogens is 453 g/mol. The average molecular weight is 475 g/mol. The van der Waals surface area contributed by atoms with Crippen LogP contribution in [0.4, 0.5) is 5.13 Å². The van der Waals surface area contributed by atoms with E-state index < -0.39 is 0 Å². The van der Waals surface area contributed by atoms with Crippen LogP contribution in [0.15, 0.2) is 34.8 Å². The number of nitrogens with zero attached hydrogens (tertiary/aromatic N) is 4. The number of methoxy groups -OCH3 is 1. The molecule has 1 saturated heterocycles. The third-order valence-electron chi connectivity index (χ3n) is 3.99. The van der Waals surface area contributed by atoms with Gasteiger partial charge in [0.15, 0.2) is 11.1 Å². The molecule has 7 nitrogen and oxygen atoms in total. The van der Waals surface area contributed by atoms with Crippen molar-refractivity contribution in [2.24, 2.45) is 10.7 Å². The van der Waals surface area contributed by atoms with Crippen molar-refractivity contribution in [3.05, 3.63) is 35.3 Å². The molecule has 1 fully saturated rings. The molecule has 3 rings (SSSR count). The lowest BCUT2D eigenvalue weighted by Crippen LogP contribution is -2.51. The van der Waals surface area contributed by atoms with E-state index in [1.54, 1.807) is 36.6 Å². The van der Waals surface area contributed by atoms with Crippen LogP contribution in [0.25, 0.3) is 0 Å². The number of thiazole rings is 1. The number of phenols is 1. The highest BCUT2D eigenvalue weighted by Gasteiger charge is 2.19. The van der Waals surface area contributed by atoms with Crippen molar-refractivity contribution < 1.29 is 9.84 Å². The number of aromatic nitrogens is 1. The maximum absolute atomic E-state index is 9.90. The molecular formula is C16H22IN5O2S. The molecule has 1 aliphatic rings. The summed E-state index contributed by atoms with van der Waals surface area (Å²) in [6.45, 7) is 3.67. The Labute approximate surface area is 168 Å². The molecule has 0 amide bonds. The number of hydrogen-bond acceptors (Lipinski definition) is 6. The predicted molar refractivity (Wildman–Crippen MR) is 111 cm³/mol. The van der Waals surface area contributed by atoms with E-state index in [-0.39, 0.29) is 29.7 Å². The predicted octanol–water partition coefficient (Wildman–Crippen LogP) is 2.11. The summed E-state index contributed by atoms with van der Waals surface area (Å²) in [5.41, 5.74) is 6.81. The summed E-state index contributed by atoms with van der Waals surface area (Å²) in [4.78, 5) is 13.1. The van der Waals surface area contributed by atoms with Gasteiger partial charge < -0.3 is 25.4 Å². The van der Waals surface area contributed by atoms with Gasteiger partial charge in [-0.15, -0.1) is 35.3 Å². The van der Waals surface area contributed by atoms with Crippen molar-refractivity contribution in [2.75, 3.05) is 38.2 Å². The number of halogens is 1. The van der Waals surface area contributed by atoms with Crippen molar-refractivity contribution >= 4 is 46.4 Å². The van der Waals surface area contributed by atoms with Crippen molar-refractivity contribution in [3.8, 4) is 11.5 Å². The molecule has 1 aromatic heterocycles. The van der Waals surface area contributed by atoms with Gasteiger partial charge in [0.25, 0.3) is 0 Å². The summed E-state index contributed by atoms with van der Waals surface area (Å²) in [6, 6.07) is 5.09. The smallest absolute Gasteiger partial charge is 0.191 e. The van der Waals surface area contributed by atoms with Gasteiger partial charge in [0.05, 0.1) is 13.7 Å². The van der Waals surface area contributed by atoms with Crippen LogP contribution in [0.1, 0.15) is 5.56 Å². The van der Waals surface area contributed by atoms with Crippen LogP contribution >= 0.6 is 35.3 Å². The van der Waals surface area contributed by atoms with Crippen LogP contribution in [-0.2, 0) is 6.54 Å². The molecule has 2 aromatic rings. The Morgan fingerprint density at radius 1 is 1.36 bits per heavy atom. The van der Waals surface area contributed by atoms with Gasteiger partial charge in [-0.05, 0) is 18.2 Å². The minimum atomic E-state index is 0. The number of rotatable bonds is 4. The van der Waals surface area contributed by atoms with Crippen molar-refractivity contribution in [2.45, 2.75) is 6.54 Å². The quantitative estimate of drug-likeness (QED) is 0.400. The number of aliphatic imine (C=N–C) groups is 1. The van der Waals surface area contributed by atoms with E-state index >= 15 is 0 Å². The normalized spacial score (nSPS) is 15.0. The molecule has 1 aliphatic heterocycles. The Balaban J connectivity index is 0.00000225. The van der Waals surface area contributed by atoms with Gasteiger partial charge in [-0.2, -0.15) is 0 Å². The second-order valence-corrected chi connectivity index (χ2v) is 6.33. The van der Waals surface area contributed by atoms with Crippen LogP contribution in [-0.4, -0.2) is 54.2 Å². The van der Waals surface area contributed by atoms with E-state index in [1.165, 1.54) is 0 Å². The zero-order chi connectivity index (χ0) is 16.9. The van der Waals surface area contributed by atoms with Crippen LogP contribution < -0.4 is 15.4 Å². The molecule has 1 aromatic carbocycles. The third-order valence-corrected chi connectivity index (χ3v) is 4.82. The van der Waals surface area contributed by atoms with Gasteiger partial charge in [-0.1, -0.05) is 0 Å². The zero-order valence-corrected chi connectivity index (χ0v) is 17.1. The Bertz CT molecular complexity index is 703. The van der Waals surface area contributed by atoms with Crippen LogP contribution in [0.2, 0.25) is 0 Å². The molecule has 25 heavy (non-hydrogen) atoms. The highest BCUT2D eigenvalue weighted by atomic mass is 127. The molecule has 0 aliphatic carbocycles. The molecule has 0 bridgehead atoms. The fourth-order valence-electron chi connectivity index (χ4n) is 2.58. The number of phenolic OH excluding ortho intramolecular Hbond substituents is 1. The molecule has 3 N–H and O–H groups in total. The minimum absolute atomic E-state index is 0. The number of guanidine groups is 1. The van der Waals surface area contributed by atoms with E-state index in [0.29, 0.717) is 23.8 Å². The van der Waals surface area contributed by atoms with Crippen molar-refractivity contribution in [1.29, 1.82) is 0 Å². The molecule has 0 radical (unpaired) electrons. The van der Waals surface area contributed by atoms with Gasteiger partial charge in [0, 0.05) is 43.3 Å². The Morgan fingerprint density at radius 3 is 2.76 bits per heavy atom. The molecule has 0 spiro atoms. The third kappa shape index (κ3) is 4.88. The average Bonchev–Trinajstić information content (AvgIpc) is 3.15. The summed E-state index contributed by atoms with van der Waals surface area (Å²) in [7, 11) is 1.59. The van der Waals surface area contributed by atoms with E-state index in [9.17, 15) is 5.11 Å². The number of aromatic hydroxyl groups is 1. The summed E-state index contributed by atoms with van der Waals surface area (Å²) in [5.74, 6) is 1.38. The lowest BCUT2D eigenvalue weighted by atomic mass is 10.2. The van der Waals surface area contributed by atoms with Gasteiger partial charge in [-0.3, -0.25) is 0 Å². The summed E-state index contributed by atoms with van der Waals surface area (Å²) in [5, 5.41) is 12.9. The Kier molecular flexibility index (Phi) is 7.12. The zero-order valence-electron chi connectivity index (χ0n) is 14.0. The number of nitrogens with two attached hydrogens (primary N) is 1. The number of ether oxygens (including phenoxy) is 1. The van der Waals surface area contributed by atoms with E-state index in [2.05, 4.69) is 19.8 Å². The van der Waals surface area contributed by atoms with E-state index in [4.69, 9.17) is 10.5 Å². The van der Waals surface area contributed by atoms with E-state index in [1.807, 2.05) is 11.6 Å². The Hall–Kier alpha value is -1.75. The van der Waals surface area contributed by atoms with Gasteiger partial charge in [0.1, 0.15) is 11.5 Å². The first-order chi connectivity index (χ1) is 11.7. The van der Waals surface area contributed by atoms with Crippen LogP contribution in [0, 0.1) is 0 Å². The molecule has 0 atom stereocenters. The molecule has 0 saturated carbocycles. The fourth-order valence-corrected chi connectivity index (χ4v) is 3.28. The SMILES string of the molecule is COc1ccc(O)c(CN=C(N)N2CCN(c3nccs3)CC2)c1.I. The van der Waals surface area contributed by atoms with Crippen LogP contribution in [0.5, 0.6) is 11.5 Å². The fraction of sp³-hybridized carbons (Fsp3) is 0.375. The standard InChI is InChI=1S/C16H21N5O2S.HI/c1-23-13-2-3-14(22)12(10-13)11-19-15(17)20-5-7-21(8-6-20)16-18-4-9-24-16;/h2-4,9-10,22H,5-8,11H2,1H3,(H2,17,19);1H. The van der Waals surface area contributed by atoms with Gasteiger partial charge in [-0.25, -0.2) is 9.98 Å². The first kappa shape index (κ1) is 19.6. The molecule has 9 heteroatoms. The second-order valence-electron chi connectivity index (χ2n) is 5.46. The highest BCUT2D eigenvalue weighted by molar-refractivity contribution is 14.0. The van der Waals surface area contributed by atoms with Gasteiger partial charge >= 0.3 is 0 Å². The van der Waals surface area contributed by atoms with Gasteiger partial charge in [0.2, 0.25) is 0 Å². The number of piperazine rings is 1. The monoisotopic (exact) mass is 475 g/mol. The summed E-state index contributed by atoms with van der Waals surface area (Å²) >= 11 is 1.65. The highest BCUT2D eigenvalue weighted by Crippen LogP contribution is 2.23. The van der Waals surface area contributed by atoms with E-state index in [0.717, 1.165) is 31.3 Å². The van der Waals surface area contributed by atoms with Crippen molar-refractivity contribution in [1.82, 2.24) is 9.88 Å². The topological polar surface area (TPSA) is 87.2 Å². The molecule has 0 unspecified atom stereocenters. The lowest BCUT2D eigenvalue weighted by molar-refractivity contribution is 0.380. The molecule has 136 valence electrons. The number of hydrogen-bond donors (Lipinski definition) is 2. The summed E-state index contributed by atoms with van der Waals surface area (Å²) in [6.07, 6.45) is 1.82. The molecule has 2 heterocycles. The minimum Gasteiger partial charge on any atom is -0.508 e. The lowest BCUT2D eigenvalue weighted by Gasteiger charge is -2.35. The number of anilines is 1. The maximum Gasteiger partial charge on any atom is 0.191 e. The number of benzene rings is 1. The Morgan fingerprint density at radius 2 is 2.12 bits per heavy atom. The summed E-state index contributed by atoms with van der Waals surface area (Å²) < 4.78 is 5.17. The van der Waals surface area contributed by atoms with Crippen LogP contribution in [0.3, 0.4) is 0 Å². The maximum atomic E-state index is 9.90. The first-order valence-corrected chi connectivity index (χ1v) is 8.60.